The molecular weight excluding hydrogens is 268 g/mol. The number of fused-ring (bicyclic) bond motifs is 1. The van der Waals surface area contributed by atoms with E-state index < -0.39 is 6.10 Å². The van der Waals surface area contributed by atoms with Gasteiger partial charge in [0.05, 0.1) is 18.5 Å². The zero-order valence-corrected chi connectivity index (χ0v) is 12.1. The Kier molecular flexibility index (Phi) is 3.75. The van der Waals surface area contributed by atoms with Gasteiger partial charge in [-0.05, 0) is 26.0 Å². The van der Waals surface area contributed by atoms with Gasteiger partial charge in [-0.15, -0.1) is 0 Å². The van der Waals surface area contributed by atoms with Gasteiger partial charge in [-0.1, -0.05) is 0 Å². The number of hydrogen-bond acceptors (Lipinski definition) is 5. The lowest BCUT2D eigenvalue weighted by atomic mass is 10.0. The summed E-state index contributed by atoms with van der Waals surface area (Å²) in [4.78, 5) is 8.15. The topological polar surface area (TPSA) is 64.5 Å². The fourth-order valence-corrected chi connectivity index (χ4v) is 2.56. The molecule has 1 aliphatic rings. The van der Waals surface area contributed by atoms with E-state index in [9.17, 15) is 5.11 Å². The van der Waals surface area contributed by atoms with Crippen LogP contribution in [0.2, 0.25) is 0 Å². The zero-order chi connectivity index (χ0) is 14.8. The predicted molar refractivity (Wildman–Crippen MR) is 77.5 cm³/mol. The molecule has 0 aliphatic carbocycles. The van der Waals surface area contributed by atoms with E-state index in [4.69, 9.17) is 9.47 Å². The van der Waals surface area contributed by atoms with Crippen molar-refractivity contribution in [3.63, 3.8) is 0 Å². The second-order valence-electron chi connectivity index (χ2n) is 5.10. The Hall–Kier alpha value is -2.14. The van der Waals surface area contributed by atoms with Gasteiger partial charge in [-0.3, -0.25) is 9.97 Å². The fourth-order valence-electron chi connectivity index (χ4n) is 2.56. The second kappa shape index (κ2) is 5.69. The molecule has 3 rings (SSSR count). The van der Waals surface area contributed by atoms with Crippen LogP contribution in [-0.2, 0) is 6.42 Å². The molecular formula is C16H18N2O3. The van der Waals surface area contributed by atoms with Gasteiger partial charge in [0.1, 0.15) is 23.7 Å². The van der Waals surface area contributed by atoms with Crippen molar-refractivity contribution in [1.29, 1.82) is 0 Å². The maximum absolute atomic E-state index is 10.6. The van der Waals surface area contributed by atoms with Crippen LogP contribution in [-0.4, -0.2) is 27.8 Å². The van der Waals surface area contributed by atoms with Crippen LogP contribution in [0.5, 0.6) is 11.5 Å². The van der Waals surface area contributed by atoms with Crippen molar-refractivity contribution in [2.45, 2.75) is 32.5 Å². The first-order chi connectivity index (χ1) is 10.2. The monoisotopic (exact) mass is 286 g/mol. The normalized spacial score (nSPS) is 18.0. The van der Waals surface area contributed by atoms with Gasteiger partial charge in [0, 0.05) is 29.9 Å². The van der Waals surface area contributed by atoms with Crippen LogP contribution in [0.25, 0.3) is 0 Å². The van der Waals surface area contributed by atoms with Gasteiger partial charge >= 0.3 is 0 Å². The highest BCUT2D eigenvalue weighted by molar-refractivity contribution is 5.50. The molecule has 0 amide bonds. The van der Waals surface area contributed by atoms with Crippen molar-refractivity contribution in [2.75, 3.05) is 6.61 Å². The summed E-state index contributed by atoms with van der Waals surface area (Å²) in [6.45, 7) is 4.49. The van der Waals surface area contributed by atoms with Gasteiger partial charge in [-0.25, -0.2) is 0 Å². The number of aliphatic hydroxyl groups is 1. The van der Waals surface area contributed by atoms with E-state index in [0.717, 1.165) is 17.7 Å². The maximum Gasteiger partial charge on any atom is 0.126 e. The Morgan fingerprint density at radius 2 is 2.29 bits per heavy atom. The number of nitrogens with zero attached hydrogens (tertiary/aromatic N) is 2. The molecule has 21 heavy (non-hydrogen) atoms. The van der Waals surface area contributed by atoms with E-state index in [1.165, 1.54) is 0 Å². The molecule has 2 aromatic rings. The van der Waals surface area contributed by atoms with Crippen molar-refractivity contribution in [1.82, 2.24) is 9.97 Å². The summed E-state index contributed by atoms with van der Waals surface area (Å²) in [6, 6.07) is 3.81. The van der Waals surface area contributed by atoms with Gasteiger partial charge in [0.15, 0.2) is 0 Å². The average molecular weight is 286 g/mol. The third-order valence-corrected chi connectivity index (χ3v) is 3.49. The predicted octanol–water partition coefficient (Wildman–Crippen LogP) is 2.28. The van der Waals surface area contributed by atoms with Crippen LogP contribution >= 0.6 is 0 Å². The van der Waals surface area contributed by atoms with Crippen LogP contribution in [0.1, 0.15) is 36.8 Å². The molecule has 1 aromatic carbocycles. The van der Waals surface area contributed by atoms with Crippen molar-refractivity contribution in [2.24, 2.45) is 0 Å². The maximum atomic E-state index is 10.6. The van der Waals surface area contributed by atoms with E-state index >= 15 is 0 Å². The number of hydrogen-bond donors (Lipinski definition) is 1. The Morgan fingerprint density at radius 3 is 3.00 bits per heavy atom. The standard InChI is InChI=1S/C16H18N2O3/c1-3-20-15-7-11-6-10(2)21-14(11)8-12(15)16(19)13-9-17-4-5-18-13/h4-5,7-10,16,19H,3,6H2,1-2H3. The lowest BCUT2D eigenvalue weighted by Crippen LogP contribution is -2.07. The Balaban J connectivity index is 2.02. The number of aliphatic hydroxyl groups excluding tert-OH is 1. The first-order valence-corrected chi connectivity index (χ1v) is 7.09. The molecule has 0 bridgehead atoms. The minimum absolute atomic E-state index is 0.151. The van der Waals surface area contributed by atoms with Crippen LogP contribution < -0.4 is 9.47 Å². The first kappa shape index (κ1) is 13.8. The van der Waals surface area contributed by atoms with E-state index in [2.05, 4.69) is 9.97 Å². The van der Waals surface area contributed by atoms with Gasteiger partial charge in [-0.2, -0.15) is 0 Å². The second-order valence-corrected chi connectivity index (χ2v) is 5.10. The number of benzene rings is 1. The van der Waals surface area contributed by atoms with Crippen molar-refractivity contribution < 1.29 is 14.6 Å². The highest BCUT2D eigenvalue weighted by Gasteiger charge is 2.25. The molecule has 1 N–H and O–H groups in total. The van der Waals surface area contributed by atoms with Crippen LogP contribution in [0.4, 0.5) is 0 Å². The first-order valence-electron chi connectivity index (χ1n) is 7.09. The SMILES string of the molecule is CCOc1cc2c(cc1C(O)c1cnccn1)OC(C)C2. The molecule has 0 spiro atoms. The van der Waals surface area contributed by atoms with E-state index in [0.29, 0.717) is 23.6 Å². The van der Waals surface area contributed by atoms with Crippen LogP contribution in [0.15, 0.2) is 30.7 Å². The molecule has 0 fully saturated rings. The molecule has 1 aromatic heterocycles. The smallest absolute Gasteiger partial charge is 0.126 e. The van der Waals surface area contributed by atoms with Gasteiger partial charge in [0.2, 0.25) is 0 Å². The summed E-state index contributed by atoms with van der Waals surface area (Å²) < 4.78 is 11.4. The fraction of sp³-hybridized carbons (Fsp3) is 0.375. The molecule has 2 unspecified atom stereocenters. The molecule has 2 heterocycles. The highest BCUT2D eigenvalue weighted by atomic mass is 16.5. The third kappa shape index (κ3) is 2.69. The van der Waals surface area contributed by atoms with Crippen molar-refractivity contribution in [3.8, 4) is 11.5 Å². The molecule has 110 valence electrons. The molecule has 2 atom stereocenters. The molecule has 5 heteroatoms. The van der Waals surface area contributed by atoms with Gasteiger partial charge in [0.25, 0.3) is 0 Å². The molecule has 0 saturated heterocycles. The summed E-state index contributed by atoms with van der Waals surface area (Å²) >= 11 is 0. The summed E-state index contributed by atoms with van der Waals surface area (Å²) in [5, 5.41) is 10.6. The third-order valence-electron chi connectivity index (χ3n) is 3.49. The number of rotatable bonds is 4. The van der Waals surface area contributed by atoms with Crippen LogP contribution in [0, 0.1) is 0 Å². The average Bonchev–Trinajstić information content (AvgIpc) is 2.86. The largest absolute Gasteiger partial charge is 0.493 e. The summed E-state index contributed by atoms with van der Waals surface area (Å²) in [5.41, 5.74) is 2.26. The number of ether oxygens (including phenoxy) is 2. The lowest BCUT2D eigenvalue weighted by Gasteiger charge is -2.16. The zero-order valence-electron chi connectivity index (χ0n) is 12.1. The van der Waals surface area contributed by atoms with Crippen molar-refractivity contribution >= 4 is 0 Å². The molecule has 0 radical (unpaired) electrons. The Morgan fingerprint density at radius 1 is 1.43 bits per heavy atom. The van der Waals surface area contributed by atoms with E-state index in [1.54, 1.807) is 18.6 Å². The Bertz CT molecular complexity index is 631. The van der Waals surface area contributed by atoms with Crippen LogP contribution in [0.3, 0.4) is 0 Å². The Labute approximate surface area is 123 Å². The number of aromatic nitrogens is 2. The molecule has 1 aliphatic heterocycles. The van der Waals surface area contributed by atoms with E-state index in [-0.39, 0.29) is 6.10 Å². The molecule has 0 saturated carbocycles. The minimum Gasteiger partial charge on any atom is -0.493 e. The summed E-state index contributed by atoms with van der Waals surface area (Å²) in [7, 11) is 0. The quantitative estimate of drug-likeness (QED) is 0.934. The summed E-state index contributed by atoms with van der Waals surface area (Å²) in [6.07, 6.45) is 4.81. The van der Waals surface area contributed by atoms with Crippen molar-refractivity contribution in [3.05, 3.63) is 47.5 Å². The molecule has 5 nitrogen and oxygen atoms in total. The minimum atomic E-state index is -0.884. The summed E-state index contributed by atoms with van der Waals surface area (Å²) in [5.74, 6) is 1.48. The highest BCUT2D eigenvalue weighted by Crippen LogP contribution is 2.38. The van der Waals surface area contributed by atoms with E-state index in [1.807, 2.05) is 26.0 Å². The van der Waals surface area contributed by atoms with Gasteiger partial charge < -0.3 is 14.6 Å². The lowest BCUT2D eigenvalue weighted by molar-refractivity contribution is 0.205.